The minimum absolute atomic E-state index is 0.107. The molecule has 0 saturated heterocycles. The Balaban J connectivity index is 5.23. The molecule has 0 aliphatic heterocycles. The lowest BCUT2D eigenvalue weighted by atomic mass is 10.00. The number of carbonyl (C=O) groups is 4. The Morgan fingerprint density at radius 3 is 0.776 bits per heavy atom. The SMILES string of the molecule is CCCCCCCCCCCCCCCCCCCC(=O)OC[C@H](COP(=O)(O)OC[C@@H](O)COP(=O)(O)OC[C@@H](COC(=O)CCCCCCCCC(C)CC)OC(=O)CCCCCCCCCCCCCC)OC(=O)CCCCCCCCCCCCCCCCCCC(C)C. The van der Waals surface area contributed by atoms with E-state index in [2.05, 4.69) is 41.5 Å². The molecule has 19 heteroatoms. The number of rotatable bonds is 78. The van der Waals surface area contributed by atoms with Crippen LogP contribution in [0.2, 0.25) is 0 Å². The van der Waals surface area contributed by atoms with Gasteiger partial charge in [-0.05, 0) is 37.5 Å². The van der Waals surface area contributed by atoms with E-state index in [9.17, 15) is 43.2 Å². The van der Waals surface area contributed by atoms with Crippen LogP contribution >= 0.6 is 15.6 Å². The molecular weight excluding hydrogens is 1280 g/mol. The molecular formula is C79H154O17P2. The second-order valence-electron chi connectivity index (χ2n) is 29.2. The maximum absolute atomic E-state index is 13.1. The molecule has 0 heterocycles. The molecule has 98 heavy (non-hydrogen) atoms. The van der Waals surface area contributed by atoms with Crippen LogP contribution in [-0.2, 0) is 65.4 Å². The van der Waals surface area contributed by atoms with E-state index in [0.29, 0.717) is 25.7 Å². The Labute approximate surface area is 600 Å². The number of phosphoric ester groups is 2. The van der Waals surface area contributed by atoms with Gasteiger partial charge in [0.1, 0.15) is 19.3 Å². The lowest BCUT2D eigenvalue weighted by molar-refractivity contribution is -0.161. The van der Waals surface area contributed by atoms with E-state index in [1.807, 2.05) is 0 Å². The van der Waals surface area contributed by atoms with Crippen molar-refractivity contribution in [2.24, 2.45) is 11.8 Å². The van der Waals surface area contributed by atoms with Gasteiger partial charge in [0.25, 0.3) is 0 Å². The van der Waals surface area contributed by atoms with Gasteiger partial charge in [-0.1, -0.05) is 363 Å². The fourth-order valence-electron chi connectivity index (χ4n) is 12.2. The zero-order valence-corrected chi connectivity index (χ0v) is 65.9. The highest BCUT2D eigenvalue weighted by Crippen LogP contribution is 2.45. The van der Waals surface area contributed by atoms with Gasteiger partial charge in [0.2, 0.25) is 0 Å². The van der Waals surface area contributed by atoms with Crippen molar-refractivity contribution in [1.29, 1.82) is 0 Å². The Kier molecular flexibility index (Phi) is 69.3. The molecule has 0 saturated carbocycles. The maximum Gasteiger partial charge on any atom is 0.472 e. The molecule has 6 atom stereocenters. The molecule has 0 aromatic heterocycles. The largest absolute Gasteiger partial charge is 0.472 e. The summed E-state index contributed by atoms with van der Waals surface area (Å²) in [5.74, 6) is -0.571. The van der Waals surface area contributed by atoms with E-state index in [1.54, 1.807) is 0 Å². The van der Waals surface area contributed by atoms with Gasteiger partial charge in [0, 0.05) is 25.7 Å². The molecule has 0 aliphatic carbocycles. The van der Waals surface area contributed by atoms with Crippen LogP contribution in [0, 0.1) is 11.8 Å². The Hall–Kier alpha value is -1.94. The number of ether oxygens (including phenoxy) is 4. The minimum atomic E-state index is -4.96. The van der Waals surface area contributed by atoms with Crippen LogP contribution in [-0.4, -0.2) is 96.7 Å². The number of hydrogen-bond acceptors (Lipinski definition) is 15. The zero-order valence-electron chi connectivity index (χ0n) is 64.1. The van der Waals surface area contributed by atoms with E-state index in [1.165, 1.54) is 225 Å². The summed E-state index contributed by atoms with van der Waals surface area (Å²) in [6, 6.07) is 0. The van der Waals surface area contributed by atoms with Crippen LogP contribution in [0.1, 0.15) is 414 Å². The molecule has 0 aliphatic rings. The van der Waals surface area contributed by atoms with Crippen molar-refractivity contribution in [3.8, 4) is 0 Å². The monoisotopic (exact) mass is 1440 g/mol. The number of aliphatic hydroxyl groups is 1. The van der Waals surface area contributed by atoms with Gasteiger partial charge in [0.15, 0.2) is 12.2 Å². The van der Waals surface area contributed by atoms with Crippen LogP contribution in [0.3, 0.4) is 0 Å². The first-order chi connectivity index (χ1) is 47.4. The lowest BCUT2D eigenvalue weighted by Gasteiger charge is -2.21. The van der Waals surface area contributed by atoms with E-state index in [4.69, 9.17) is 37.0 Å². The van der Waals surface area contributed by atoms with Gasteiger partial charge in [-0.15, -0.1) is 0 Å². The average Bonchev–Trinajstić information content (AvgIpc) is 0.964. The molecule has 17 nitrogen and oxygen atoms in total. The Morgan fingerprint density at radius 2 is 0.520 bits per heavy atom. The number of esters is 4. The van der Waals surface area contributed by atoms with Crippen molar-refractivity contribution in [2.75, 3.05) is 39.6 Å². The Bertz CT molecular complexity index is 1890. The molecule has 0 aromatic carbocycles. The number of aliphatic hydroxyl groups excluding tert-OH is 1. The molecule has 0 aromatic rings. The van der Waals surface area contributed by atoms with Gasteiger partial charge >= 0.3 is 39.5 Å². The first-order valence-corrected chi connectivity index (χ1v) is 44.0. The van der Waals surface area contributed by atoms with Crippen LogP contribution in [0.15, 0.2) is 0 Å². The smallest absolute Gasteiger partial charge is 0.462 e. The molecule has 0 amide bonds. The Morgan fingerprint density at radius 1 is 0.296 bits per heavy atom. The van der Waals surface area contributed by atoms with Crippen LogP contribution in [0.4, 0.5) is 0 Å². The fourth-order valence-corrected chi connectivity index (χ4v) is 13.7. The van der Waals surface area contributed by atoms with Gasteiger partial charge in [-0.3, -0.25) is 37.3 Å². The summed E-state index contributed by atoms with van der Waals surface area (Å²) >= 11 is 0. The fraction of sp³-hybridized carbons (Fsp3) is 0.949. The summed E-state index contributed by atoms with van der Waals surface area (Å²) in [6.07, 6.45) is 59.7. The number of phosphoric acid groups is 2. The molecule has 0 rings (SSSR count). The van der Waals surface area contributed by atoms with Crippen molar-refractivity contribution < 1.29 is 80.2 Å². The summed E-state index contributed by atoms with van der Waals surface area (Å²) in [5.41, 5.74) is 0. The van der Waals surface area contributed by atoms with Crippen LogP contribution in [0.5, 0.6) is 0 Å². The van der Waals surface area contributed by atoms with E-state index in [0.717, 1.165) is 108 Å². The minimum Gasteiger partial charge on any atom is -0.462 e. The first kappa shape index (κ1) is 96.1. The van der Waals surface area contributed by atoms with Crippen molar-refractivity contribution in [1.82, 2.24) is 0 Å². The zero-order chi connectivity index (χ0) is 72.1. The number of unbranched alkanes of at least 4 members (excludes halogenated alkanes) is 47. The van der Waals surface area contributed by atoms with Crippen LogP contribution in [0.25, 0.3) is 0 Å². The summed E-state index contributed by atoms with van der Waals surface area (Å²) < 4.78 is 68.6. The number of carbonyl (C=O) groups excluding carboxylic acids is 4. The highest BCUT2D eigenvalue weighted by atomic mass is 31.2. The third-order valence-corrected chi connectivity index (χ3v) is 20.7. The van der Waals surface area contributed by atoms with E-state index >= 15 is 0 Å². The van der Waals surface area contributed by atoms with E-state index < -0.39 is 97.5 Å². The highest BCUT2D eigenvalue weighted by Gasteiger charge is 2.30. The predicted molar refractivity (Wildman–Crippen MR) is 400 cm³/mol. The molecule has 582 valence electrons. The van der Waals surface area contributed by atoms with Gasteiger partial charge in [-0.2, -0.15) is 0 Å². The standard InChI is InChI=1S/C79H154O17P2/c1-7-10-12-14-16-18-20-22-23-24-28-31-35-38-42-49-55-61-76(81)89-67-74(95-79(84)64-58-52-44-40-36-32-29-26-25-27-30-33-37-41-47-53-59-71(4)5)69-93-97(85,86)91-65-73(80)66-92-98(87,88)94-70-75(68-90-77(82)62-56-50-46-45-48-54-60-72(6)9-3)96-78(83)63-57-51-43-39-34-21-19-17-15-13-11-8-2/h71-75,80H,7-70H2,1-6H3,(H,85,86)(H,87,88)/t72?,73-,74-,75-/m1/s1. The first-order valence-electron chi connectivity index (χ1n) is 41.0. The molecule has 0 fully saturated rings. The quantitative estimate of drug-likeness (QED) is 0.0222. The summed E-state index contributed by atoms with van der Waals surface area (Å²) in [4.78, 5) is 72.9. The predicted octanol–water partition coefficient (Wildman–Crippen LogP) is 23.5. The molecule has 0 spiro atoms. The normalized spacial score (nSPS) is 14.2. The average molecular weight is 1440 g/mol. The van der Waals surface area contributed by atoms with Crippen molar-refractivity contribution in [3.05, 3.63) is 0 Å². The molecule has 3 unspecified atom stereocenters. The topological polar surface area (TPSA) is 237 Å². The lowest BCUT2D eigenvalue weighted by Crippen LogP contribution is -2.30. The second-order valence-corrected chi connectivity index (χ2v) is 32.1. The molecule has 0 radical (unpaired) electrons. The van der Waals surface area contributed by atoms with Gasteiger partial charge in [0.05, 0.1) is 26.4 Å². The summed E-state index contributed by atoms with van der Waals surface area (Å²) in [5, 5.41) is 10.6. The number of hydrogen-bond donors (Lipinski definition) is 3. The van der Waals surface area contributed by atoms with Gasteiger partial charge < -0.3 is 33.8 Å². The van der Waals surface area contributed by atoms with Crippen molar-refractivity contribution in [3.63, 3.8) is 0 Å². The molecule has 3 N–H and O–H groups in total. The van der Waals surface area contributed by atoms with Crippen molar-refractivity contribution in [2.45, 2.75) is 432 Å². The summed E-state index contributed by atoms with van der Waals surface area (Å²) in [6.45, 7) is 9.61. The third kappa shape index (κ3) is 71.1. The second kappa shape index (κ2) is 70.7. The van der Waals surface area contributed by atoms with Gasteiger partial charge in [-0.25, -0.2) is 9.13 Å². The van der Waals surface area contributed by atoms with Crippen LogP contribution < -0.4 is 0 Å². The summed E-state index contributed by atoms with van der Waals surface area (Å²) in [7, 11) is -9.92. The molecule has 0 bridgehead atoms. The van der Waals surface area contributed by atoms with Crippen molar-refractivity contribution >= 4 is 39.5 Å². The third-order valence-electron chi connectivity index (χ3n) is 18.8. The maximum atomic E-state index is 13.1. The van der Waals surface area contributed by atoms with E-state index in [-0.39, 0.29) is 25.7 Å². The highest BCUT2D eigenvalue weighted by molar-refractivity contribution is 7.47.